The molecule has 4 saturated carbocycles. The van der Waals surface area contributed by atoms with E-state index in [1.807, 2.05) is 0 Å². The molecule has 4 aliphatic carbocycles. The van der Waals surface area contributed by atoms with Crippen LogP contribution in [0.25, 0.3) is 0 Å². The minimum Gasteiger partial charge on any atom is -0.481 e. The highest BCUT2D eigenvalue weighted by molar-refractivity contribution is 5.97. The van der Waals surface area contributed by atoms with Crippen LogP contribution < -0.4 is 21.7 Å². The van der Waals surface area contributed by atoms with Gasteiger partial charge in [-0.05, 0) is 170 Å². The average molecular weight is 649 g/mol. The highest BCUT2D eigenvalue weighted by Crippen LogP contribution is 2.68. The summed E-state index contributed by atoms with van der Waals surface area (Å²) in [4.78, 5) is 23.7. The van der Waals surface area contributed by atoms with Gasteiger partial charge in [0.2, 0.25) is 0 Å². The number of carboxylic acids is 1. The van der Waals surface area contributed by atoms with E-state index < -0.39 is 18.0 Å². The molecule has 0 aromatic carbocycles. The Balaban J connectivity index is 1.24. The molecule has 266 valence electrons. The second-order valence-electron chi connectivity index (χ2n) is 16.3. The second kappa shape index (κ2) is 17.0. The molecule has 0 aromatic rings. The smallest absolute Gasteiger partial charge is 0.313 e. The fraction of sp³-hybridized carbons (Fsp3) is 0.946. The molecule has 0 aromatic heterocycles. The zero-order valence-electron chi connectivity index (χ0n) is 29.4. The average Bonchev–Trinajstić information content (AvgIpc) is 3.39. The Hall–Kier alpha value is -1.10. The SMILES string of the molecule is CC(C(=O)O)C(=O)CC[C@@H](C)[C@H]1CCC2C3C(CC(O)[C@@]21C)[C@@]1(C)CC[C@H](NCCCNCCCCNCCCN)C[C@@H]1C[C@H]3O. The number of aliphatic hydroxyl groups is 2. The van der Waals surface area contributed by atoms with Crippen molar-refractivity contribution in [3.63, 3.8) is 0 Å². The lowest BCUT2D eigenvalue weighted by Gasteiger charge is -2.63. The van der Waals surface area contributed by atoms with Gasteiger partial charge in [-0.15, -0.1) is 0 Å². The number of nitrogens with two attached hydrogens (primary N) is 1. The number of Topliss-reactive ketones (excluding diaryl/α,β-unsaturated/α-hetero) is 1. The molecule has 0 bridgehead atoms. The van der Waals surface area contributed by atoms with Crippen molar-refractivity contribution in [2.75, 3.05) is 39.3 Å². The van der Waals surface area contributed by atoms with E-state index in [-0.39, 0.29) is 52.8 Å². The zero-order valence-corrected chi connectivity index (χ0v) is 29.4. The molecule has 4 aliphatic rings. The number of aliphatic carboxylic acids is 1. The quantitative estimate of drug-likeness (QED) is 0.0814. The lowest BCUT2D eigenvalue weighted by atomic mass is 9.43. The minimum atomic E-state index is -1.06. The molecule has 0 amide bonds. The summed E-state index contributed by atoms with van der Waals surface area (Å²) < 4.78 is 0. The molecule has 0 aliphatic heterocycles. The van der Waals surface area contributed by atoms with Gasteiger partial charge in [-0.1, -0.05) is 20.8 Å². The Morgan fingerprint density at radius 1 is 0.870 bits per heavy atom. The summed E-state index contributed by atoms with van der Waals surface area (Å²) in [6.07, 6.45) is 11.8. The van der Waals surface area contributed by atoms with Gasteiger partial charge in [0.15, 0.2) is 0 Å². The lowest BCUT2D eigenvalue weighted by Crippen LogP contribution is -2.62. The predicted octanol–water partition coefficient (Wildman–Crippen LogP) is 3.95. The van der Waals surface area contributed by atoms with E-state index in [2.05, 4.69) is 36.7 Å². The van der Waals surface area contributed by atoms with Gasteiger partial charge in [0, 0.05) is 12.5 Å². The van der Waals surface area contributed by atoms with Gasteiger partial charge < -0.3 is 37.0 Å². The van der Waals surface area contributed by atoms with E-state index in [0.29, 0.717) is 24.3 Å². The van der Waals surface area contributed by atoms with Crippen LogP contribution in [0.1, 0.15) is 111 Å². The third-order valence-electron chi connectivity index (χ3n) is 13.7. The number of hydrogen-bond donors (Lipinski definition) is 7. The molecule has 0 heterocycles. The van der Waals surface area contributed by atoms with E-state index in [4.69, 9.17) is 5.73 Å². The molecular formula is C37H68N4O5. The molecule has 5 unspecified atom stereocenters. The van der Waals surface area contributed by atoms with Gasteiger partial charge in [0.25, 0.3) is 0 Å². The van der Waals surface area contributed by atoms with Crippen LogP contribution in [0.5, 0.6) is 0 Å². The molecule has 0 radical (unpaired) electrons. The van der Waals surface area contributed by atoms with Crippen molar-refractivity contribution < 1.29 is 24.9 Å². The first-order valence-corrected chi connectivity index (χ1v) is 18.9. The van der Waals surface area contributed by atoms with Gasteiger partial charge in [-0.2, -0.15) is 0 Å². The Morgan fingerprint density at radius 2 is 1.54 bits per heavy atom. The van der Waals surface area contributed by atoms with Gasteiger partial charge in [0.1, 0.15) is 11.7 Å². The van der Waals surface area contributed by atoms with Crippen LogP contribution in [0.3, 0.4) is 0 Å². The van der Waals surface area contributed by atoms with E-state index in [9.17, 15) is 24.9 Å². The number of hydrogen-bond acceptors (Lipinski definition) is 8. The summed E-state index contributed by atoms with van der Waals surface area (Å²) in [6.45, 7) is 14.4. The Morgan fingerprint density at radius 3 is 2.22 bits per heavy atom. The molecule has 8 N–H and O–H groups in total. The maximum absolute atomic E-state index is 12.4. The number of unbranched alkanes of at least 4 members (excludes halogenated alkanes) is 1. The van der Waals surface area contributed by atoms with Crippen molar-refractivity contribution in [3.8, 4) is 0 Å². The van der Waals surface area contributed by atoms with Crippen LogP contribution in [-0.2, 0) is 9.59 Å². The molecule has 9 nitrogen and oxygen atoms in total. The molecule has 0 spiro atoms. The van der Waals surface area contributed by atoms with Crippen molar-refractivity contribution >= 4 is 11.8 Å². The van der Waals surface area contributed by atoms with Gasteiger partial charge in [-0.3, -0.25) is 9.59 Å². The topological polar surface area (TPSA) is 157 Å². The Kier molecular flexibility index (Phi) is 14.0. The number of aliphatic hydroxyl groups excluding tert-OH is 2. The monoisotopic (exact) mass is 649 g/mol. The van der Waals surface area contributed by atoms with Gasteiger partial charge in [-0.25, -0.2) is 0 Å². The van der Waals surface area contributed by atoms with Crippen molar-refractivity contribution in [1.29, 1.82) is 0 Å². The Bertz CT molecular complexity index is 983. The molecular weight excluding hydrogens is 580 g/mol. The maximum Gasteiger partial charge on any atom is 0.313 e. The fourth-order valence-corrected chi connectivity index (χ4v) is 10.8. The van der Waals surface area contributed by atoms with Crippen LogP contribution in [-0.4, -0.2) is 84.6 Å². The standard InChI is InChI=1S/C37H68N4O5/c1-24(9-12-31(42)25(2)35(45)46)28-10-11-29-34-30(23-33(44)37(28,29)4)36(3)14-13-27(21-26(36)22-32(34)43)41-20-8-19-40-17-6-5-16-39-18-7-15-38/h24-30,32-34,39-41,43-44H,5-23,38H2,1-4H3,(H,45,46)/t24-,25?,26-,27+,28-,29?,30?,32-,33?,34?,36+,37-/m1/s1. The molecule has 12 atom stereocenters. The first kappa shape index (κ1) is 37.7. The number of ketones is 1. The first-order chi connectivity index (χ1) is 21.9. The number of carbonyl (C=O) groups excluding carboxylic acids is 1. The number of fused-ring (bicyclic) bond motifs is 5. The fourth-order valence-electron chi connectivity index (χ4n) is 10.8. The molecule has 0 saturated heterocycles. The number of carbonyl (C=O) groups is 2. The molecule has 46 heavy (non-hydrogen) atoms. The predicted molar refractivity (Wildman–Crippen MR) is 183 cm³/mol. The molecule has 9 heteroatoms. The highest BCUT2D eigenvalue weighted by Gasteiger charge is 2.65. The lowest BCUT2D eigenvalue weighted by molar-refractivity contribution is -0.202. The van der Waals surface area contributed by atoms with E-state index in [1.165, 1.54) is 19.8 Å². The summed E-state index contributed by atoms with van der Waals surface area (Å²) in [6, 6.07) is 0.503. The summed E-state index contributed by atoms with van der Waals surface area (Å²) in [7, 11) is 0. The van der Waals surface area contributed by atoms with E-state index >= 15 is 0 Å². The summed E-state index contributed by atoms with van der Waals surface area (Å²) in [5.74, 6) is -0.418. The largest absolute Gasteiger partial charge is 0.481 e. The van der Waals surface area contributed by atoms with E-state index in [1.54, 1.807) is 0 Å². The van der Waals surface area contributed by atoms with Crippen molar-refractivity contribution in [2.45, 2.75) is 129 Å². The van der Waals surface area contributed by atoms with Gasteiger partial charge >= 0.3 is 5.97 Å². The third-order valence-corrected chi connectivity index (χ3v) is 13.7. The normalized spacial score (nSPS) is 38.4. The van der Waals surface area contributed by atoms with Crippen LogP contribution in [0.15, 0.2) is 0 Å². The number of nitrogens with one attached hydrogen (secondary N) is 3. The van der Waals surface area contributed by atoms with Crippen LogP contribution in [0.2, 0.25) is 0 Å². The third kappa shape index (κ3) is 8.36. The number of carboxylic acid groups (broad SMARTS) is 1. The van der Waals surface area contributed by atoms with Crippen molar-refractivity contribution in [3.05, 3.63) is 0 Å². The molecule has 4 fully saturated rings. The minimum absolute atomic E-state index is 0.147. The summed E-state index contributed by atoms with van der Waals surface area (Å²) >= 11 is 0. The summed E-state index contributed by atoms with van der Waals surface area (Å²) in [5, 5.41) is 43.8. The van der Waals surface area contributed by atoms with E-state index in [0.717, 1.165) is 97.1 Å². The van der Waals surface area contributed by atoms with Crippen molar-refractivity contribution in [1.82, 2.24) is 16.0 Å². The van der Waals surface area contributed by atoms with Crippen molar-refractivity contribution in [2.24, 2.45) is 58.0 Å². The van der Waals surface area contributed by atoms with Gasteiger partial charge in [0.05, 0.1) is 12.2 Å². The summed E-state index contributed by atoms with van der Waals surface area (Å²) in [5.41, 5.74) is 5.40. The maximum atomic E-state index is 12.4. The highest BCUT2D eigenvalue weighted by atomic mass is 16.4. The van der Waals surface area contributed by atoms with Crippen LogP contribution in [0.4, 0.5) is 0 Å². The van der Waals surface area contributed by atoms with Crippen LogP contribution >= 0.6 is 0 Å². The zero-order chi connectivity index (χ0) is 33.5. The molecule has 4 rings (SSSR count). The Labute approximate surface area is 279 Å². The van der Waals surface area contributed by atoms with Crippen LogP contribution in [0, 0.1) is 52.3 Å². The number of rotatable bonds is 19. The second-order valence-corrected chi connectivity index (χ2v) is 16.3. The first-order valence-electron chi connectivity index (χ1n) is 18.9.